The molecule has 4 heteroatoms. The Morgan fingerprint density at radius 1 is 1.39 bits per heavy atom. The monoisotopic (exact) mass is 253 g/mol. The smallest absolute Gasteiger partial charge is 0.128 e. The van der Waals surface area contributed by atoms with Crippen LogP contribution >= 0.6 is 0 Å². The van der Waals surface area contributed by atoms with Crippen molar-refractivity contribution in [3.05, 3.63) is 18.2 Å². The van der Waals surface area contributed by atoms with Crippen LogP contribution in [0.2, 0.25) is 0 Å². The summed E-state index contributed by atoms with van der Waals surface area (Å²) in [4.78, 5) is 4.51. The summed E-state index contributed by atoms with van der Waals surface area (Å²) in [6, 6.07) is 0.120. The van der Waals surface area contributed by atoms with Crippen LogP contribution in [0.3, 0.4) is 0 Å². The van der Waals surface area contributed by atoms with Crippen molar-refractivity contribution >= 4 is 0 Å². The zero-order chi connectivity index (χ0) is 13.8. The lowest BCUT2D eigenvalue weighted by Gasteiger charge is -2.36. The summed E-state index contributed by atoms with van der Waals surface area (Å²) < 4.78 is 7.91. The lowest BCUT2D eigenvalue weighted by Crippen LogP contribution is -2.42. The summed E-state index contributed by atoms with van der Waals surface area (Å²) in [5.41, 5.74) is 0.0616. The normalized spacial score (nSPS) is 15.7. The van der Waals surface area contributed by atoms with E-state index in [1.165, 1.54) is 0 Å². The molecule has 0 spiro atoms. The Labute approximate surface area is 111 Å². The minimum absolute atomic E-state index is 0.0616. The highest BCUT2D eigenvalue weighted by molar-refractivity contribution is 5.04. The van der Waals surface area contributed by atoms with Gasteiger partial charge >= 0.3 is 0 Å². The third-order valence-corrected chi connectivity index (χ3v) is 3.20. The van der Waals surface area contributed by atoms with Gasteiger partial charge in [-0.2, -0.15) is 0 Å². The van der Waals surface area contributed by atoms with Crippen molar-refractivity contribution in [1.29, 1.82) is 0 Å². The summed E-state index contributed by atoms with van der Waals surface area (Å²) in [5.74, 6) is 1.06. The molecule has 18 heavy (non-hydrogen) atoms. The number of imidazole rings is 1. The first-order valence-corrected chi connectivity index (χ1v) is 6.72. The highest BCUT2D eigenvalue weighted by Gasteiger charge is 2.35. The van der Waals surface area contributed by atoms with Gasteiger partial charge in [0, 0.05) is 26.0 Å². The number of ether oxygens (including phenoxy) is 1. The van der Waals surface area contributed by atoms with Gasteiger partial charge in [-0.15, -0.1) is 0 Å². The van der Waals surface area contributed by atoms with Crippen LogP contribution in [0, 0.1) is 5.41 Å². The van der Waals surface area contributed by atoms with E-state index < -0.39 is 0 Å². The highest BCUT2D eigenvalue weighted by atomic mass is 16.5. The lowest BCUT2D eigenvalue weighted by atomic mass is 9.84. The molecule has 1 rings (SSSR count). The van der Waals surface area contributed by atoms with Crippen molar-refractivity contribution < 1.29 is 4.74 Å². The zero-order valence-corrected chi connectivity index (χ0v) is 12.5. The standard InChI is InChI=1S/C14H27N3O/c1-7-15-11(12(18-6)14(3,4)5)13-16-9-10-17(13)8-2/h9-12,15H,7-8H2,1-6H3. The molecule has 0 saturated carbocycles. The summed E-state index contributed by atoms with van der Waals surface area (Å²) in [6.07, 6.45) is 3.97. The molecule has 0 aliphatic rings. The van der Waals surface area contributed by atoms with E-state index in [0.717, 1.165) is 18.9 Å². The Morgan fingerprint density at radius 3 is 2.50 bits per heavy atom. The van der Waals surface area contributed by atoms with Crippen molar-refractivity contribution in [2.75, 3.05) is 13.7 Å². The van der Waals surface area contributed by atoms with Crippen LogP contribution in [-0.2, 0) is 11.3 Å². The molecule has 0 aliphatic heterocycles. The fraction of sp³-hybridized carbons (Fsp3) is 0.786. The van der Waals surface area contributed by atoms with E-state index in [2.05, 4.69) is 49.5 Å². The van der Waals surface area contributed by atoms with Gasteiger partial charge in [-0.05, 0) is 18.9 Å². The van der Waals surface area contributed by atoms with E-state index in [-0.39, 0.29) is 17.6 Å². The van der Waals surface area contributed by atoms with Gasteiger partial charge in [0.1, 0.15) is 5.82 Å². The number of methoxy groups -OCH3 is 1. The summed E-state index contributed by atoms with van der Waals surface area (Å²) in [7, 11) is 1.78. The minimum atomic E-state index is 0.0616. The van der Waals surface area contributed by atoms with Gasteiger partial charge in [0.05, 0.1) is 12.1 Å². The van der Waals surface area contributed by atoms with Gasteiger partial charge in [-0.3, -0.25) is 0 Å². The van der Waals surface area contributed by atoms with Crippen LogP contribution in [0.5, 0.6) is 0 Å². The molecule has 2 unspecified atom stereocenters. The van der Waals surface area contributed by atoms with Gasteiger partial charge in [-0.25, -0.2) is 4.98 Å². The largest absolute Gasteiger partial charge is 0.379 e. The molecule has 0 aliphatic carbocycles. The van der Waals surface area contributed by atoms with Crippen molar-refractivity contribution in [3.8, 4) is 0 Å². The maximum atomic E-state index is 5.74. The maximum Gasteiger partial charge on any atom is 0.128 e. The number of aromatic nitrogens is 2. The fourth-order valence-electron chi connectivity index (χ4n) is 2.41. The second-order valence-electron chi connectivity index (χ2n) is 5.63. The third kappa shape index (κ3) is 3.33. The van der Waals surface area contributed by atoms with Crippen LogP contribution in [-0.4, -0.2) is 29.3 Å². The Kier molecular flexibility index (Phi) is 5.35. The Morgan fingerprint density at radius 2 is 2.06 bits per heavy atom. The number of likely N-dealkylation sites (N-methyl/N-ethyl adjacent to an activating group) is 1. The number of nitrogens with zero attached hydrogens (tertiary/aromatic N) is 2. The van der Waals surface area contributed by atoms with Crippen LogP contribution in [0.25, 0.3) is 0 Å². The summed E-state index contributed by atoms with van der Waals surface area (Å²) in [6.45, 7) is 12.7. The maximum absolute atomic E-state index is 5.74. The van der Waals surface area contributed by atoms with E-state index in [1.54, 1.807) is 7.11 Å². The van der Waals surface area contributed by atoms with Crippen LogP contribution in [0.4, 0.5) is 0 Å². The molecule has 0 fully saturated rings. The second kappa shape index (κ2) is 6.34. The van der Waals surface area contributed by atoms with Crippen LogP contribution in [0.15, 0.2) is 12.4 Å². The summed E-state index contributed by atoms with van der Waals surface area (Å²) in [5, 5.41) is 3.51. The molecule has 2 atom stereocenters. The zero-order valence-electron chi connectivity index (χ0n) is 12.5. The van der Waals surface area contributed by atoms with Gasteiger partial charge in [-0.1, -0.05) is 27.7 Å². The van der Waals surface area contributed by atoms with Crippen molar-refractivity contribution in [2.45, 2.75) is 53.3 Å². The molecule has 104 valence electrons. The van der Waals surface area contributed by atoms with E-state index in [0.29, 0.717) is 0 Å². The number of nitrogens with one attached hydrogen (secondary N) is 1. The molecule has 0 aromatic carbocycles. The summed E-state index contributed by atoms with van der Waals surface area (Å²) >= 11 is 0. The van der Waals surface area contributed by atoms with Crippen LogP contribution < -0.4 is 5.32 Å². The molecular formula is C14H27N3O. The van der Waals surface area contributed by atoms with Gasteiger partial charge in [0.2, 0.25) is 0 Å². The van der Waals surface area contributed by atoms with Crippen molar-refractivity contribution in [1.82, 2.24) is 14.9 Å². The van der Waals surface area contributed by atoms with Crippen molar-refractivity contribution in [2.24, 2.45) is 5.41 Å². The predicted molar refractivity (Wildman–Crippen MR) is 74.6 cm³/mol. The Balaban J connectivity index is 3.08. The molecule has 0 saturated heterocycles. The number of rotatable bonds is 6. The van der Waals surface area contributed by atoms with E-state index in [9.17, 15) is 0 Å². The number of aryl methyl sites for hydroxylation is 1. The molecule has 0 radical (unpaired) electrons. The van der Waals surface area contributed by atoms with Gasteiger partial charge in [0.15, 0.2) is 0 Å². The van der Waals surface area contributed by atoms with E-state index >= 15 is 0 Å². The molecule has 1 N–H and O–H groups in total. The molecule has 1 aromatic heterocycles. The fourth-order valence-corrected chi connectivity index (χ4v) is 2.41. The minimum Gasteiger partial charge on any atom is -0.379 e. The van der Waals surface area contributed by atoms with Gasteiger partial charge in [0.25, 0.3) is 0 Å². The first kappa shape index (κ1) is 15.2. The SMILES string of the molecule is CCNC(c1nccn1CC)C(OC)C(C)(C)C. The Bertz CT molecular complexity index is 354. The van der Waals surface area contributed by atoms with Crippen molar-refractivity contribution in [3.63, 3.8) is 0 Å². The topological polar surface area (TPSA) is 39.1 Å². The number of hydrogen-bond acceptors (Lipinski definition) is 3. The van der Waals surface area contributed by atoms with Gasteiger partial charge < -0.3 is 14.6 Å². The predicted octanol–water partition coefficient (Wildman–Crippen LogP) is 2.61. The Hall–Kier alpha value is -0.870. The van der Waals surface area contributed by atoms with Crippen LogP contribution in [0.1, 0.15) is 46.5 Å². The quantitative estimate of drug-likeness (QED) is 0.847. The third-order valence-electron chi connectivity index (χ3n) is 3.20. The van der Waals surface area contributed by atoms with E-state index in [4.69, 9.17) is 4.74 Å². The molecule has 0 amide bonds. The molecule has 0 bridgehead atoms. The molecular weight excluding hydrogens is 226 g/mol. The molecule has 1 heterocycles. The first-order chi connectivity index (χ1) is 8.45. The molecule has 4 nitrogen and oxygen atoms in total. The number of hydrogen-bond donors (Lipinski definition) is 1. The average molecular weight is 253 g/mol. The average Bonchev–Trinajstić information content (AvgIpc) is 2.74. The lowest BCUT2D eigenvalue weighted by molar-refractivity contribution is -0.0144. The molecule has 1 aromatic rings. The van der Waals surface area contributed by atoms with E-state index in [1.807, 2.05) is 12.4 Å². The first-order valence-electron chi connectivity index (χ1n) is 6.72. The second-order valence-corrected chi connectivity index (χ2v) is 5.63. The highest BCUT2D eigenvalue weighted by Crippen LogP contribution is 2.31.